The summed E-state index contributed by atoms with van der Waals surface area (Å²) in [5.74, 6) is 0.236. The zero-order valence-corrected chi connectivity index (χ0v) is 15.5. The molecule has 6 heteroatoms. The number of nitrogens with one attached hydrogen (secondary N) is 1. The van der Waals surface area contributed by atoms with E-state index < -0.39 is 0 Å². The maximum Gasteiger partial charge on any atom is 0.264 e. The molecule has 1 amide bonds. The first kappa shape index (κ1) is 17.7. The Morgan fingerprint density at radius 1 is 1.15 bits per heavy atom. The van der Waals surface area contributed by atoms with Crippen molar-refractivity contribution >= 4 is 22.4 Å². The molecule has 0 unspecified atom stereocenters. The predicted octanol–water partition coefficient (Wildman–Crippen LogP) is 4.38. The van der Waals surface area contributed by atoms with Crippen molar-refractivity contribution in [1.29, 1.82) is 0 Å². The minimum absolute atomic E-state index is 0.0499. The number of aromatic nitrogens is 1. The molecule has 0 saturated heterocycles. The number of aryl methyl sites for hydroxylation is 2. The summed E-state index contributed by atoms with van der Waals surface area (Å²) in [6, 6.07) is 12.4. The first-order valence-electron chi connectivity index (χ1n) is 8.89. The van der Waals surface area contributed by atoms with Gasteiger partial charge in [0.25, 0.3) is 5.91 Å². The van der Waals surface area contributed by atoms with E-state index in [0.717, 1.165) is 29.0 Å². The maximum atomic E-state index is 13.0. The fourth-order valence-electron chi connectivity index (χ4n) is 3.19. The van der Waals surface area contributed by atoms with E-state index in [1.54, 1.807) is 18.3 Å². The summed E-state index contributed by atoms with van der Waals surface area (Å²) in [5, 5.41) is 3.30. The fraction of sp³-hybridized carbons (Fsp3) is 0.238. The Kier molecular flexibility index (Phi) is 5.16. The van der Waals surface area contributed by atoms with Gasteiger partial charge in [-0.3, -0.25) is 10.1 Å². The highest BCUT2D eigenvalue weighted by atomic mass is 32.1. The molecule has 1 N–H and O–H groups in total. The van der Waals surface area contributed by atoms with E-state index >= 15 is 0 Å². The lowest BCUT2D eigenvalue weighted by molar-refractivity contribution is -0.118. The van der Waals surface area contributed by atoms with Gasteiger partial charge in [0.15, 0.2) is 11.7 Å². The maximum absolute atomic E-state index is 13.0. The molecule has 1 heterocycles. The number of benzene rings is 2. The molecule has 138 valence electrons. The van der Waals surface area contributed by atoms with Crippen molar-refractivity contribution in [2.24, 2.45) is 0 Å². The molecule has 0 aliphatic heterocycles. The van der Waals surface area contributed by atoms with Crippen LogP contribution in [-0.4, -0.2) is 17.5 Å². The van der Waals surface area contributed by atoms with Gasteiger partial charge in [-0.2, -0.15) is 0 Å². The largest absolute Gasteiger partial charge is 0.484 e. The van der Waals surface area contributed by atoms with Crippen LogP contribution in [0.2, 0.25) is 0 Å². The molecule has 3 aromatic rings. The zero-order chi connectivity index (χ0) is 18.6. The van der Waals surface area contributed by atoms with Gasteiger partial charge in [0, 0.05) is 17.5 Å². The third-order valence-electron chi connectivity index (χ3n) is 4.53. The minimum Gasteiger partial charge on any atom is -0.484 e. The number of carbonyl (C=O) groups is 1. The molecule has 1 aromatic heterocycles. The van der Waals surface area contributed by atoms with Crippen LogP contribution in [0.25, 0.3) is 0 Å². The average Bonchev–Trinajstić information content (AvgIpc) is 3.30. The van der Waals surface area contributed by atoms with Crippen molar-refractivity contribution in [2.75, 3.05) is 11.9 Å². The normalized spacial score (nSPS) is 12.6. The fourth-order valence-corrected chi connectivity index (χ4v) is 4.06. The summed E-state index contributed by atoms with van der Waals surface area (Å²) in [7, 11) is 0. The first-order chi connectivity index (χ1) is 13.2. The Bertz CT molecular complexity index is 953. The standard InChI is InChI=1S/C21H19FN2O2S/c22-17-7-4-14(5-8-17)10-19-12-23-21(27-19)24-20(25)13-26-18-9-6-15-2-1-3-16(15)11-18/h4-9,11-12H,1-3,10,13H2,(H,23,24,25). The van der Waals surface area contributed by atoms with E-state index in [4.69, 9.17) is 4.74 Å². The number of fused-ring (bicyclic) bond motifs is 1. The van der Waals surface area contributed by atoms with Gasteiger partial charge in [0.1, 0.15) is 11.6 Å². The Hall–Kier alpha value is -2.73. The summed E-state index contributed by atoms with van der Waals surface area (Å²) in [4.78, 5) is 17.3. The molecule has 2 aromatic carbocycles. The van der Waals surface area contributed by atoms with E-state index in [2.05, 4.69) is 16.4 Å². The highest BCUT2D eigenvalue weighted by molar-refractivity contribution is 7.15. The van der Waals surface area contributed by atoms with Gasteiger partial charge in [0.05, 0.1) is 0 Å². The molecule has 0 spiro atoms. The van der Waals surface area contributed by atoms with Crippen LogP contribution < -0.4 is 10.1 Å². The van der Waals surface area contributed by atoms with Gasteiger partial charge in [-0.1, -0.05) is 18.2 Å². The Morgan fingerprint density at radius 2 is 1.96 bits per heavy atom. The number of amides is 1. The van der Waals surface area contributed by atoms with Crippen molar-refractivity contribution in [1.82, 2.24) is 4.98 Å². The number of ether oxygens (including phenoxy) is 1. The topological polar surface area (TPSA) is 51.2 Å². The van der Waals surface area contributed by atoms with Crippen molar-refractivity contribution in [2.45, 2.75) is 25.7 Å². The van der Waals surface area contributed by atoms with E-state index in [0.29, 0.717) is 11.6 Å². The van der Waals surface area contributed by atoms with Gasteiger partial charge in [0.2, 0.25) is 0 Å². The third kappa shape index (κ3) is 4.52. The summed E-state index contributed by atoms with van der Waals surface area (Å²) >= 11 is 1.41. The number of hydrogen-bond donors (Lipinski definition) is 1. The summed E-state index contributed by atoms with van der Waals surface area (Å²) in [5.41, 5.74) is 3.69. The molecular weight excluding hydrogens is 363 g/mol. The second-order valence-electron chi connectivity index (χ2n) is 6.56. The van der Waals surface area contributed by atoms with Crippen LogP contribution in [0, 0.1) is 5.82 Å². The van der Waals surface area contributed by atoms with Gasteiger partial charge >= 0.3 is 0 Å². The minimum atomic E-state index is -0.251. The molecule has 4 nitrogen and oxygen atoms in total. The highest BCUT2D eigenvalue weighted by Gasteiger charge is 2.12. The lowest BCUT2D eigenvalue weighted by Gasteiger charge is -2.07. The van der Waals surface area contributed by atoms with E-state index in [1.165, 1.54) is 41.0 Å². The molecular formula is C21H19FN2O2S. The number of anilines is 1. The molecule has 0 bridgehead atoms. The summed E-state index contributed by atoms with van der Waals surface area (Å²) < 4.78 is 18.6. The lowest BCUT2D eigenvalue weighted by atomic mass is 10.1. The first-order valence-corrected chi connectivity index (χ1v) is 9.71. The SMILES string of the molecule is O=C(COc1ccc2c(c1)CCC2)Nc1ncc(Cc2ccc(F)cc2)s1. The predicted molar refractivity (Wildman–Crippen MR) is 104 cm³/mol. The average molecular weight is 382 g/mol. The quantitative estimate of drug-likeness (QED) is 0.688. The molecule has 1 aliphatic carbocycles. The van der Waals surface area contributed by atoms with Crippen LogP contribution in [0.5, 0.6) is 5.75 Å². The molecule has 1 aliphatic rings. The van der Waals surface area contributed by atoms with E-state index in [9.17, 15) is 9.18 Å². The molecule has 27 heavy (non-hydrogen) atoms. The number of rotatable bonds is 6. The molecule has 0 saturated carbocycles. The second-order valence-corrected chi connectivity index (χ2v) is 7.67. The number of nitrogens with zero attached hydrogens (tertiary/aromatic N) is 1. The highest BCUT2D eigenvalue weighted by Crippen LogP contribution is 2.26. The Balaban J connectivity index is 1.29. The van der Waals surface area contributed by atoms with Crippen LogP contribution in [0.4, 0.5) is 9.52 Å². The van der Waals surface area contributed by atoms with E-state index in [-0.39, 0.29) is 18.3 Å². The monoisotopic (exact) mass is 382 g/mol. The van der Waals surface area contributed by atoms with Crippen molar-refractivity contribution in [3.8, 4) is 5.75 Å². The molecule has 0 fully saturated rings. The van der Waals surface area contributed by atoms with Crippen molar-refractivity contribution in [3.05, 3.63) is 76.0 Å². The molecule has 0 atom stereocenters. The van der Waals surface area contributed by atoms with Crippen LogP contribution >= 0.6 is 11.3 Å². The number of halogens is 1. The molecule has 0 radical (unpaired) electrons. The van der Waals surface area contributed by atoms with E-state index in [1.807, 2.05) is 12.1 Å². The lowest BCUT2D eigenvalue weighted by Crippen LogP contribution is -2.20. The van der Waals surface area contributed by atoms with Crippen LogP contribution in [-0.2, 0) is 24.1 Å². The number of thiazole rings is 1. The second kappa shape index (κ2) is 7.88. The van der Waals surface area contributed by atoms with Gasteiger partial charge in [-0.05, 0) is 60.2 Å². The third-order valence-corrected chi connectivity index (χ3v) is 5.44. The number of hydrogen-bond acceptors (Lipinski definition) is 4. The zero-order valence-electron chi connectivity index (χ0n) is 14.7. The Morgan fingerprint density at radius 3 is 2.81 bits per heavy atom. The van der Waals surface area contributed by atoms with Crippen molar-refractivity contribution < 1.29 is 13.9 Å². The van der Waals surface area contributed by atoms with Crippen molar-refractivity contribution in [3.63, 3.8) is 0 Å². The van der Waals surface area contributed by atoms with Crippen LogP contribution in [0.3, 0.4) is 0 Å². The van der Waals surface area contributed by atoms with Crippen LogP contribution in [0.15, 0.2) is 48.7 Å². The van der Waals surface area contributed by atoms with Crippen LogP contribution in [0.1, 0.15) is 28.0 Å². The van der Waals surface area contributed by atoms with Gasteiger partial charge in [-0.25, -0.2) is 9.37 Å². The number of carbonyl (C=O) groups excluding carboxylic acids is 1. The summed E-state index contributed by atoms with van der Waals surface area (Å²) in [6.45, 7) is -0.0499. The van der Waals surface area contributed by atoms with Gasteiger partial charge < -0.3 is 4.74 Å². The smallest absolute Gasteiger partial charge is 0.264 e. The van der Waals surface area contributed by atoms with Gasteiger partial charge in [-0.15, -0.1) is 11.3 Å². The Labute approximate surface area is 161 Å². The summed E-state index contributed by atoms with van der Waals surface area (Å²) in [6.07, 6.45) is 5.77. The molecule has 4 rings (SSSR count).